The summed E-state index contributed by atoms with van der Waals surface area (Å²) in [6.07, 6.45) is 2.69. The summed E-state index contributed by atoms with van der Waals surface area (Å²) in [7, 11) is 0. The van der Waals surface area contributed by atoms with Crippen LogP contribution in [0.4, 0.5) is 0 Å². The average molecular weight is 376 g/mol. The lowest BCUT2D eigenvalue weighted by molar-refractivity contribution is -0.250. The first-order chi connectivity index (χ1) is 13.0. The number of ether oxygens (including phenoxy) is 4. The van der Waals surface area contributed by atoms with Gasteiger partial charge in [-0.25, -0.2) is 0 Å². The Kier molecular flexibility index (Phi) is 5.59. The van der Waals surface area contributed by atoms with Gasteiger partial charge in [0.15, 0.2) is 12.1 Å². The molecule has 3 heterocycles. The number of hydrogen-bond donors (Lipinski definition) is 0. The van der Waals surface area contributed by atoms with Crippen LogP contribution in [0.25, 0.3) is 0 Å². The number of likely N-dealkylation sites (tertiary alicyclic amines) is 1. The van der Waals surface area contributed by atoms with Crippen molar-refractivity contribution >= 4 is 0 Å². The van der Waals surface area contributed by atoms with Crippen LogP contribution in [0.5, 0.6) is 0 Å². The third-order valence-electron chi connectivity index (χ3n) is 6.08. The molecule has 0 amide bonds. The van der Waals surface area contributed by atoms with Crippen molar-refractivity contribution in [2.24, 2.45) is 0 Å². The normalized spacial score (nSPS) is 35.3. The summed E-state index contributed by atoms with van der Waals surface area (Å²) < 4.78 is 25.4. The molecule has 3 aliphatic rings. The van der Waals surface area contributed by atoms with Crippen molar-refractivity contribution in [2.75, 3.05) is 13.1 Å². The molecular weight excluding hydrogens is 342 g/mol. The second-order valence-corrected chi connectivity index (χ2v) is 8.46. The van der Waals surface area contributed by atoms with Gasteiger partial charge in [0.2, 0.25) is 0 Å². The van der Waals surface area contributed by atoms with E-state index in [1.54, 1.807) is 0 Å². The van der Waals surface area contributed by atoms with Crippen molar-refractivity contribution in [3.8, 4) is 0 Å². The Morgan fingerprint density at radius 1 is 1.11 bits per heavy atom. The summed E-state index contributed by atoms with van der Waals surface area (Å²) in [6.45, 7) is 10.6. The third kappa shape index (κ3) is 3.94. The second-order valence-electron chi connectivity index (χ2n) is 8.46. The molecule has 3 saturated heterocycles. The molecule has 27 heavy (non-hydrogen) atoms. The average Bonchev–Trinajstić information content (AvgIpc) is 3.36. The van der Waals surface area contributed by atoms with Crippen molar-refractivity contribution in [1.82, 2.24) is 4.90 Å². The highest BCUT2D eigenvalue weighted by Crippen LogP contribution is 2.42. The van der Waals surface area contributed by atoms with Gasteiger partial charge in [-0.05, 0) is 58.7 Å². The molecule has 0 saturated carbocycles. The van der Waals surface area contributed by atoms with Gasteiger partial charge < -0.3 is 18.9 Å². The van der Waals surface area contributed by atoms with Gasteiger partial charge in [0.05, 0.1) is 6.10 Å². The number of nitrogens with zero attached hydrogens (tertiary/aromatic N) is 1. The predicted octanol–water partition coefficient (Wildman–Crippen LogP) is 3.88. The molecule has 0 bridgehead atoms. The van der Waals surface area contributed by atoms with Gasteiger partial charge in [-0.2, -0.15) is 0 Å². The first kappa shape index (κ1) is 19.3. The Balaban J connectivity index is 1.52. The zero-order valence-electron chi connectivity index (χ0n) is 17.0. The monoisotopic (exact) mass is 375 g/mol. The van der Waals surface area contributed by atoms with Crippen LogP contribution in [0.3, 0.4) is 0 Å². The fourth-order valence-electron chi connectivity index (χ4n) is 4.69. The fraction of sp³-hybridized carbons (Fsp3) is 0.727. The van der Waals surface area contributed by atoms with Crippen LogP contribution < -0.4 is 0 Å². The molecule has 0 aliphatic carbocycles. The summed E-state index contributed by atoms with van der Waals surface area (Å²) in [5.74, 6) is -0.599. The molecular formula is C22H33NO4. The smallest absolute Gasteiger partial charge is 0.187 e. The maximum absolute atomic E-state index is 6.45. The molecule has 150 valence electrons. The summed E-state index contributed by atoms with van der Waals surface area (Å²) >= 11 is 0. The topological polar surface area (TPSA) is 40.2 Å². The first-order valence-corrected chi connectivity index (χ1v) is 10.4. The van der Waals surface area contributed by atoms with Gasteiger partial charge in [-0.3, -0.25) is 4.90 Å². The molecule has 0 N–H and O–H groups in total. The van der Waals surface area contributed by atoms with E-state index in [9.17, 15) is 0 Å². The largest absolute Gasteiger partial charge is 0.342 e. The second kappa shape index (κ2) is 7.80. The molecule has 5 nitrogen and oxygen atoms in total. The van der Waals surface area contributed by atoms with Gasteiger partial charge in [-0.15, -0.1) is 0 Å². The lowest BCUT2D eigenvalue weighted by atomic mass is 10.0. The standard InChI is InChI=1S/C22H33NO4/c1-5-17(16-11-7-6-8-12-16)24-21-20-19(26-22(3,4)27-20)18(25-21)15(2)23-13-9-10-14-23/h6-8,11-12,15,17-21H,5,9-10,13-14H2,1-4H3/t15-,17?,18+,19-,20-,21-/m0/s1. The molecule has 1 unspecified atom stereocenters. The maximum atomic E-state index is 6.45. The van der Waals surface area contributed by atoms with E-state index >= 15 is 0 Å². The molecule has 6 atom stereocenters. The van der Waals surface area contributed by atoms with Crippen molar-refractivity contribution in [2.45, 2.75) is 89.5 Å². The Morgan fingerprint density at radius 2 is 1.78 bits per heavy atom. The van der Waals surface area contributed by atoms with Crippen LogP contribution in [-0.4, -0.2) is 54.4 Å². The minimum Gasteiger partial charge on any atom is -0.342 e. The van der Waals surface area contributed by atoms with E-state index in [0.717, 1.165) is 19.5 Å². The van der Waals surface area contributed by atoms with E-state index in [0.29, 0.717) is 6.04 Å². The molecule has 5 heteroatoms. The van der Waals surface area contributed by atoms with Gasteiger partial charge in [0.1, 0.15) is 18.3 Å². The van der Waals surface area contributed by atoms with Crippen LogP contribution in [0.1, 0.15) is 58.6 Å². The van der Waals surface area contributed by atoms with Gasteiger partial charge >= 0.3 is 0 Å². The van der Waals surface area contributed by atoms with E-state index in [2.05, 4.69) is 43.0 Å². The quantitative estimate of drug-likeness (QED) is 0.755. The van der Waals surface area contributed by atoms with Crippen LogP contribution >= 0.6 is 0 Å². The zero-order chi connectivity index (χ0) is 19.0. The van der Waals surface area contributed by atoms with Gasteiger partial charge in [-0.1, -0.05) is 37.3 Å². The Bertz CT molecular complexity index is 616. The summed E-state index contributed by atoms with van der Waals surface area (Å²) in [5.41, 5.74) is 1.18. The Hall–Kier alpha value is -0.980. The Labute approximate surface area is 162 Å². The molecule has 1 aromatic carbocycles. The molecule has 0 spiro atoms. The van der Waals surface area contributed by atoms with E-state index in [4.69, 9.17) is 18.9 Å². The SMILES string of the molecule is CCC(O[C@H]1O[C@H]([C@H](C)N2CCCC2)[C@@H]2OC(C)(C)O[C@H]12)c1ccccc1. The lowest BCUT2D eigenvalue weighted by Crippen LogP contribution is -2.46. The zero-order valence-corrected chi connectivity index (χ0v) is 17.0. The number of rotatable bonds is 6. The van der Waals surface area contributed by atoms with E-state index in [1.807, 2.05) is 19.9 Å². The lowest BCUT2D eigenvalue weighted by Gasteiger charge is -2.32. The summed E-state index contributed by atoms with van der Waals surface area (Å²) in [6, 6.07) is 10.7. The molecule has 3 fully saturated rings. The molecule has 1 aromatic rings. The van der Waals surface area contributed by atoms with E-state index < -0.39 is 12.1 Å². The van der Waals surface area contributed by atoms with Crippen LogP contribution in [0.2, 0.25) is 0 Å². The third-order valence-corrected chi connectivity index (χ3v) is 6.08. The van der Waals surface area contributed by atoms with E-state index in [1.165, 1.54) is 18.4 Å². The number of hydrogen-bond acceptors (Lipinski definition) is 5. The van der Waals surface area contributed by atoms with Crippen molar-refractivity contribution < 1.29 is 18.9 Å². The minimum absolute atomic E-state index is 0.00925. The summed E-state index contributed by atoms with van der Waals surface area (Å²) in [4.78, 5) is 2.51. The van der Waals surface area contributed by atoms with E-state index in [-0.39, 0.29) is 24.4 Å². The fourth-order valence-corrected chi connectivity index (χ4v) is 4.69. The van der Waals surface area contributed by atoms with Crippen LogP contribution in [0, 0.1) is 0 Å². The highest BCUT2D eigenvalue weighted by atomic mass is 16.8. The maximum Gasteiger partial charge on any atom is 0.187 e. The van der Waals surface area contributed by atoms with Gasteiger partial charge in [0, 0.05) is 6.04 Å². The van der Waals surface area contributed by atoms with Crippen molar-refractivity contribution in [3.05, 3.63) is 35.9 Å². The highest BCUT2D eigenvalue weighted by molar-refractivity contribution is 5.17. The Morgan fingerprint density at radius 3 is 2.44 bits per heavy atom. The van der Waals surface area contributed by atoms with Crippen molar-refractivity contribution in [3.63, 3.8) is 0 Å². The minimum atomic E-state index is -0.599. The predicted molar refractivity (Wildman–Crippen MR) is 103 cm³/mol. The number of fused-ring (bicyclic) bond motifs is 1. The molecule has 4 rings (SSSR count). The first-order valence-electron chi connectivity index (χ1n) is 10.4. The molecule has 0 radical (unpaired) electrons. The van der Waals surface area contributed by atoms with Crippen LogP contribution in [-0.2, 0) is 18.9 Å². The highest BCUT2D eigenvalue weighted by Gasteiger charge is 2.58. The number of benzene rings is 1. The summed E-state index contributed by atoms with van der Waals surface area (Å²) in [5, 5.41) is 0. The van der Waals surface area contributed by atoms with Crippen molar-refractivity contribution in [1.29, 1.82) is 0 Å². The molecule has 3 aliphatic heterocycles. The van der Waals surface area contributed by atoms with Gasteiger partial charge in [0.25, 0.3) is 0 Å². The molecule has 0 aromatic heterocycles. The van der Waals surface area contributed by atoms with Crippen LogP contribution in [0.15, 0.2) is 30.3 Å².